The van der Waals surface area contributed by atoms with E-state index in [2.05, 4.69) is 20.9 Å². The van der Waals surface area contributed by atoms with Crippen molar-refractivity contribution in [3.05, 3.63) is 24.3 Å². The van der Waals surface area contributed by atoms with Crippen molar-refractivity contribution in [2.75, 3.05) is 11.6 Å². The van der Waals surface area contributed by atoms with E-state index < -0.39 is 0 Å². The highest BCUT2D eigenvalue weighted by molar-refractivity contribution is 8.13. The molecule has 1 saturated carbocycles. The van der Waals surface area contributed by atoms with Gasteiger partial charge in [0.1, 0.15) is 0 Å². The Labute approximate surface area is 121 Å². The maximum Gasteiger partial charge on any atom is 0.319 e. The molecule has 2 rings (SSSR count). The van der Waals surface area contributed by atoms with Crippen LogP contribution in [0.1, 0.15) is 12.8 Å². The summed E-state index contributed by atoms with van der Waals surface area (Å²) in [6.07, 6.45) is 5.76. The zero-order chi connectivity index (χ0) is 14.4. The molecule has 0 aliphatic heterocycles. The van der Waals surface area contributed by atoms with Crippen LogP contribution in [0.4, 0.5) is 16.2 Å². The number of carbonyl (C=O) groups excluding carboxylic acids is 1. The third-order valence-electron chi connectivity index (χ3n) is 2.60. The van der Waals surface area contributed by atoms with E-state index in [4.69, 9.17) is 5.26 Å². The van der Waals surface area contributed by atoms with E-state index in [0.717, 1.165) is 12.8 Å². The number of nitrogens with one attached hydrogen (secondary N) is 3. The molecule has 0 spiro atoms. The molecular weight excluding hydrogens is 274 g/mol. The maximum atomic E-state index is 11.6. The normalized spacial score (nSPS) is 14.3. The summed E-state index contributed by atoms with van der Waals surface area (Å²) in [5.74, 6) is 0. The molecule has 1 fully saturated rings. The van der Waals surface area contributed by atoms with Crippen LogP contribution in [0.25, 0.3) is 0 Å². The van der Waals surface area contributed by atoms with Crippen LogP contribution in [0.15, 0.2) is 29.3 Å². The van der Waals surface area contributed by atoms with Crippen LogP contribution in [0.5, 0.6) is 0 Å². The van der Waals surface area contributed by atoms with E-state index in [1.807, 2.05) is 12.4 Å². The average Bonchev–Trinajstić information content (AvgIpc) is 3.22. The van der Waals surface area contributed by atoms with Crippen LogP contribution in [-0.2, 0) is 0 Å². The molecule has 0 aromatic heterocycles. The topological polar surface area (TPSA) is 89.3 Å². The highest BCUT2D eigenvalue weighted by Gasteiger charge is 2.23. The van der Waals surface area contributed by atoms with Gasteiger partial charge in [0.05, 0.1) is 5.69 Å². The van der Waals surface area contributed by atoms with E-state index in [1.54, 1.807) is 24.3 Å². The number of hydrogen-bond acceptors (Lipinski definition) is 4. The number of hydrogen-bond donors (Lipinski definition) is 3. The molecule has 1 aliphatic carbocycles. The number of rotatable bonds is 3. The number of nitriles is 1. The average molecular weight is 289 g/mol. The number of amides is 2. The Hall–Kier alpha value is -2.20. The van der Waals surface area contributed by atoms with Crippen molar-refractivity contribution in [3.8, 4) is 6.19 Å². The van der Waals surface area contributed by atoms with Crippen molar-refractivity contribution in [1.29, 1.82) is 5.26 Å². The molecule has 0 bridgehead atoms. The van der Waals surface area contributed by atoms with Crippen molar-refractivity contribution in [3.63, 3.8) is 0 Å². The van der Waals surface area contributed by atoms with Crippen LogP contribution in [-0.4, -0.2) is 23.5 Å². The SMILES string of the molecule is CSC(=Nc1cccc(NC(=O)NC2CC2)c1)NC#N. The van der Waals surface area contributed by atoms with Gasteiger partial charge in [0, 0.05) is 11.7 Å². The van der Waals surface area contributed by atoms with Crippen LogP contribution >= 0.6 is 11.8 Å². The second-order valence-corrected chi connectivity index (χ2v) is 5.08. The molecule has 104 valence electrons. The third kappa shape index (κ3) is 4.48. The highest BCUT2D eigenvalue weighted by atomic mass is 32.2. The molecule has 0 unspecified atom stereocenters. The van der Waals surface area contributed by atoms with Crippen LogP contribution < -0.4 is 16.0 Å². The first-order valence-corrected chi connectivity index (χ1v) is 7.39. The Morgan fingerprint density at radius 2 is 2.30 bits per heavy atom. The number of urea groups is 1. The lowest BCUT2D eigenvalue weighted by Gasteiger charge is -2.07. The number of nitrogens with zero attached hydrogens (tertiary/aromatic N) is 2. The van der Waals surface area contributed by atoms with E-state index in [9.17, 15) is 4.79 Å². The summed E-state index contributed by atoms with van der Waals surface area (Å²) in [5.41, 5.74) is 1.34. The number of carbonyl (C=O) groups is 1. The Bertz CT molecular complexity index is 562. The quantitative estimate of drug-likeness (QED) is 0.345. The van der Waals surface area contributed by atoms with Gasteiger partial charge in [0.15, 0.2) is 11.4 Å². The fraction of sp³-hybridized carbons (Fsp3) is 0.308. The lowest BCUT2D eigenvalue weighted by atomic mass is 10.3. The first kappa shape index (κ1) is 14.2. The number of thioether (sulfide) groups is 1. The first-order valence-electron chi connectivity index (χ1n) is 6.16. The molecule has 3 N–H and O–H groups in total. The largest absolute Gasteiger partial charge is 0.335 e. The standard InChI is InChI=1S/C13H15N5OS/c1-20-13(15-8-14)18-11-4-2-3-10(7-11)17-12(19)16-9-5-6-9/h2-4,7,9H,5-6H2,1H3,(H,15,18)(H2,16,17,19). The van der Waals surface area contributed by atoms with Crippen LogP contribution in [0.2, 0.25) is 0 Å². The van der Waals surface area contributed by atoms with Gasteiger partial charge >= 0.3 is 6.03 Å². The molecule has 2 amide bonds. The molecule has 1 aromatic carbocycles. The maximum absolute atomic E-state index is 11.6. The van der Waals surface area contributed by atoms with E-state index in [0.29, 0.717) is 22.6 Å². The minimum Gasteiger partial charge on any atom is -0.335 e. The zero-order valence-corrected chi connectivity index (χ0v) is 11.8. The van der Waals surface area contributed by atoms with Crippen molar-refractivity contribution in [2.45, 2.75) is 18.9 Å². The van der Waals surface area contributed by atoms with Crippen LogP contribution in [0.3, 0.4) is 0 Å². The second kappa shape index (κ2) is 6.82. The van der Waals surface area contributed by atoms with Crippen molar-refractivity contribution in [1.82, 2.24) is 10.6 Å². The number of anilines is 1. The van der Waals surface area contributed by atoms with Crippen molar-refractivity contribution >= 4 is 34.3 Å². The fourth-order valence-corrected chi connectivity index (χ4v) is 1.87. The molecule has 0 saturated heterocycles. The van der Waals surface area contributed by atoms with Gasteiger partial charge in [-0.05, 0) is 37.3 Å². The minimum absolute atomic E-state index is 0.200. The second-order valence-electron chi connectivity index (χ2n) is 4.28. The first-order chi connectivity index (χ1) is 9.71. The predicted octanol–water partition coefficient (Wildman–Crippen LogP) is 2.39. The molecule has 0 radical (unpaired) electrons. The molecule has 1 aliphatic rings. The van der Waals surface area contributed by atoms with Crippen molar-refractivity contribution < 1.29 is 4.79 Å². The van der Waals surface area contributed by atoms with Gasteiger partial charge in [-0.2, -0.15) is 5.26 Å². The molecule has 20 heavy (non-hydrogen) atoms. The number of aliphatic imine (C=N–C) groups is 1. The van der Waals surface area contributed by atoms with Gasteiger partial charge in [-0.3, -0.25) is 5.32 Å². The van der Waals surface area contributed by atoms with Crippen LogP contribution in [0, 0.1) is 11.5 Å². The lowest BCUT2D eigenvalue weighted by molar-refractivity contribution is 0.251. The Balaban J connectivity index is 2.03. The van der Waals surface area contributed by atoms with E-state index in [-0.39, 0.29) is 6.03 Å². The van der Waals surface area contributed by atoms with Gasteiger partial charge in [-0.15, -0.1) is 0 Å². The van der Waals surface area contributed by atoms with Gasteiger partial charge in [-0.25, -0.2) is 9.79 Å². The van der Waals surface area contributed by atoms with Gasteiger partial charge in [0.2, 0.25) is 0 Å². The molecule has 1 aromatic rings. The Morgan fingerprint density at radius 3 is 2.95 bits per heavy atom. The summed E-state index contributed by atoms with van der Waals surface area (Å²) in [6, 6.07) is 7.27. The summed E-state index contributed by atoms with van der Waals surface area (Å²) < 4.78 is 0. The zero-order valence-electron chi connectivity index (χ0n) is 11.0. The smallest absolute Gasteiger partial charge is 0.319 e. The van der Waals surface area contributed by atoms with Gasteiger partial charge < -0.3 is 10.6 Å². The molecule has 0 atom stereocenters. The van der Waals surface area contributed by atoms with Gasteiger partial charge in [-0.1, -0.05) is 17.8 Å². The van der Waals surface area contributed by atoms with E-state index in [1.165, 1.54) is 11.8 Å². The van der Waals surface area contributed by atoms with E-state index >= 15 is 0 Å². The molecular formula is C13H15N5OS. The summed E-state index contributed by atoms with van der Waals surface area (Å²) in [4.78, 5) is 15.9. The fourth-order valence-electron chi connectivity index (χ4n) is 1.52. The monoisotopic (exact) mass is 289 g/mol. The molecule has 6 nitrogen and oxygen atoms in total. The highest BCUT2D eigenvalue weighted by Crippen LogP contribution is 2.21. The van der Waals surface area contributed by atoms with Crippen molar-refractivity contribution in [2.24, 2.45) is 4.99 Å². The number of benzene rings is 1. The van der Waals surface area contributed by atoms with Gasteiger partial charge in [0.25, 0.3) is 0 Å². The summed E-state index contributed by atoms with van der Waals surface area (Å²) in [6.45, 7) is 0. The number of amidine groups is 1. The molecule has 7 heteroatoms. The Morgan fingerprint density at radius 1 is 1.50 bits per heavy atom. The lowest BCUT2D eigenvalue weighted by Crippen LogP contribution is -2.30. The predicted molar refractivity (Wildman–Crippen MR) is 81.0 cm³/mol. The summed E-state index contributed by atoms with van der Waals surface area (Å²) in [5, 5.41) is 17.2. The molecule has 0 heterocycles. The summed E-state index contributed by atoms with van der Waals surface area (Å²) >= 11 is 1.34. The summed E-state index contributed by atoms with van der Waals surface area (Å²) in [7, 11) is 0. The minimum atomic E-state index is -0.200. The Kier molecular flexibility index (Phi) is 4.85. The third-order valence-corrected chi connectivity index (χ3v) is 3.18.